The van der Waals surface area contributed by atoms with E-state index in [1.165, 1.54) is 0 Å². The monoisotopic (exact) mass is 314 g/mol. The predicted molar refractivity (Wildman–Crippen MR) is 51.7 cm³/mol. The van der Waals surface area contributed by atoms with Crippen LogP contribution in [0.5, 0.6) is 0 Å². The Morgan fingerprint density at radius 3 is 2.70 bits per heavy atom. The van der Waals surface area contributed by atoms with Gasteiger partial charge in [-0.25, -0.2) is 4.39 Å². The van der Waals surface area contributed by atoms with E-state index < -0.39 is 0 Å². The fourth-order valence-electron chi connectivity index (χ4n) is 0.623. The summed E-state index contributed by atoms with van der Waals surface area (Å²) in [4.78, 5) is 0. The molecule has 0 unspecified atom stereocenters. The van der Waals surface area contributed by atoms with Crippen LogP contribution < -0.4 is 0 Å². The number of hydrogen-bond donors (Lipinski definition) is 0. The van der Waals surface area contributed by atoms with Gasteiger partial charge in [-0.1, -0.05) is 6.07 Å². The summed E-state index contributed by atoms with van der Waals surface area (Å²) in [6, 6.07) is 5.45. The van der Waals surface area contributed by atoms with Crippen molar-refractivity contribution in [3.8, 4) is 0 Å². The van der Waals surface area contributed by atoms with Crippen LogP contribution in [0.1, 0.15) is 5.56 Å². The quantitative estimate of drug-likeness (QED) is 0.696. The molecule has 0 aliphatic heterocycles. The zero-order valence-electron chi connectivity index (χ0n) is 5.07. The second-order valence-corrected chi connectivity index (χ2v) is 3.90. The van der Waals surface area contributed by atoms with Crippen molar-refractivity contribution in [1.29, 1.82) is 0 Å². The first-order chi connectivity index (χ1) is 4.74. The summed E-state index contributed by atoms with van der Waals surface area (Å²) in [5.41, 5.74) is 0.729. The Hall–Kier alpha value is 0.360. The second kappa shape index (κ2) is 3.67. The molecule has 0 amide bonds. The van der Waals surface area contributed by atoms with Gasteiger partial charge in [0.05, 0.1) is 0 Å². The first-order valence-corrected chi connectivity index (χ1v) is 4.61. The van der Waals surface area contributed by atoms with Crippen LogP contribution in [0.3, 0.4) is 0 Å². The Kier molecular flexibility index (Phi) is 3.10. The minimum Gasteiger partial charge on any atom is -0.246 e. The van der Waals surface area contributed by atoms with E-state index >= 15 is 0 Å². The molecule has 0 spiro atoms. The molecule has 0 aliphatic rings. The molecule has 1 rings (SSSR count). The van der Waals surface area contributed by atoms with E-state index in [4.69, 9.17) is 0 Å². The molecule has 0 saturated heterocycles. The second-order valence-electron chi connectivity index (χ2n) is 1.88. The molecule has 0 heterocycles. The summed E-state index contributed by atoms with van der Waals surface area (Å²) < 4.78 is 14.1. The van der Waals surface area contributed by atoms with Gasteiger partial charge < -0.3 is 0 Å². The molecule has 54 valence electrons. The van der Waals surface area contributed by atoms with Gasteiger partial charge in [0.15, 0.2) is 0 Å². The van der Waals surface area contributed by atoms with E-state index in [0.29, 0.717) is 0 Å². The lowest BCUT2D eigenvalue weighted by Gasteiger charge is -1.97. The molecule has 0 bridgehead atoms. The zero-order valence-corrected chi connectivity index (χ0v) is 8.82. The van der Waals surface area contributed by atoms with E-state index in [9.17, 15) is 4.39 Å². The maximum atomic E-state index is 12.0. The van der Waals surface area contributed by atoms with Crippen LogP contribution in [0.2, 0.25) is 0 Å². The lowest BCUT2D eigenvalue weighted by atomic mass is 10.2. The normalized spacial score (nSPS) is 9.90. The molecule has 0 nitrogen and oxygen atoms in total. The van der Waals surface area contributed by atoms with Crippen molar-refractivity contribution in [3.05, 3.63) is 31.8 Å². The summed E-state index contributed by atoms with van der Waals surface area (Å²) in [5.74, 6) is 0. The first kappa shape index (κ1) is 8.46. The van der Waals surface area contributed by atoms with Crippen molar-refractivity contribution in [1.82, 2.24) is 0 Å². The minimum atomic E-state index is -0.386. The third kappa shape index (κ3) is 1.92. The molecule has 0 aliphatic carbocycles. The van der Waals surface area contributed by atoms with Gasteiger partial charge in [-0.3, -0.25) is 0 Å². The molecule has 1 aromatic carbocycles. The molecule has 10 heavy (non-hydrogen) atoms. The molecule has 0 N–H and O–H groups in total. The molecule has 0 fully saturated rings. The van der Waals surface area contributed by atoms with Crippen LogP contribution in [0.15, 0.2) is 22.7 Å². The van der Waals surface area contributed by atoms with E-state index in [2.05, 4.69) is 38.5 Å². The summed E-state index contributed by atoms with van der Waals surface area (Å²) >= 11 is 5.49. The lowest BCUT2D eigenvalue weighted by Crippen LogP contribution is -1.80. The third-order valence-corrected chi connectivity index (χ3v) is 3.46. The van der Waals surface area contributed by atoms with Crippen LogP contribution in [0, 0.1) is 3.57 Å². The van der Waals surface area contributed by atoms with Gasteiger partial charge in [0, 0.05) is 8.04 Å². The largest absolute Gasteiger partial charge is 0.246 e. The molecule has 3 heteroatoms. The van der Waals surface area contributed by atoms with Crippen LogP contribution in [0.4, 0.5) is 4.39 Å². The predicted octanol–water partition coefficient (Wildman–Crippen LogP) is 3.52. The average Bonchev–Trinajstić information content (AvgIpc) is 1.95. The Morgan fingerprint density at radius 2 is 2.20 bits per heavy atom. The van der Waals surface area contributed by atoms with Crippen LogP contribution in [0.25, 0.3) is 0 Å². The Balaban J connectivity index is 3.04. The van der Waals surface area contributed by atoms with Gasteiger partial charge in [0.2, 0.25) is 0 Å². The summed E-state index contributed by atoms with van der Waals surface area (Å²) in [7, 11) is 0. The molecule has 0 saturated carbocycles. The highest BCUT2D eigenvalue weighted by atomic mass is 127. The third-order valence-electron chi connectivity index (χ3n) is 1.14. The van der Waals surface area contributed by atoms with E-state index in [-0.39, 0.29) is 6.67 Å². The molecule has 0 aromatic heterocycles. The van der Waals surface area contributed by atoms with Crippen LogP contribution in [-0.4, -0.2) is 0 Å². The average molecular weight is 315 g/mol. The number of hydrogen-bond acceptors (Lipinski definition) is 0. The van der Waals surface area contributed by atoms with Gasteiger partial charge in [-0.2, -0.15) is 0 Å². The van der Waals surface area contributed by atoms with Crippen molar-refractivity contribution < 1.29 is 4.39 Å². The van der Waals surface area contributed by atoms with Gasteiger partial charge >= 0.3 is 0 Å². The zero-order chi connectivity index (χ0) is 7.56. The SMILES string of the molecule is FCc1ccc(Br)c(I)c1. The van der Waals surface area contributed by atoms with Gasteiger partial charge in [0.25, 0.3) is 0 Å². The van der Waals surface area contributed by atoms with E-state index in [1.807, 2.05) is 12.1 Å². The standard InChI is InChI=1S/C7H5BrFI/c8-6-2-1-5(4-9)3-7(6)10/h1-3H,4H2. The maximum Gasteiger partial charge on any atom is 0.115 e. The van der Waals surface area contributed by atoms with E-state index in [0.717, 1.165) is 13.6 Å². The van der Waals surface area contributed by atoms with Crippen molar-refractivity contribution in [3.63, 3.8) is 0 Å². The molecular formula is C7H5BrFI. The maximum absolute atomic E-state index is 12.0. The smallest absolute Gasteiger partial charge is 0.115 e. The Bertz CT molecular complexity index is 237. The Labute approximate surface area is 81.1 Å². The number of rotatable bonds is 1. The Morgan fingerprint density at radius 1 is 1.50 bits per heavy atom. The highest BCUT2D eigenvalue weighted by Gasteiger charge is 1.96. The number of halogens is 3. The van der Waals surface area contributed by atoms with Crippen LogP contribution in [-0.2, 0) is 6.67 Å². The van der Waals surface area contributed by atoms with Crippen molar-refractivity contribution in [2.24, 2.45) is 0 Å². The molecule has 1 aromatic rings. The number of alkyl halides is 1. The fraction of sp³-hybridized carbons (Fsp3) is 0.143. The van der Waals surface area contributed by atoms with Crippen LogP contribution >= 0.6 is 38.5 Å². The topological polar surface area (TPSA) is 0 Å². The highest BCUT2D eigenvalue weighted by Crippen LogP contribution is 2.20. The lowest BCUT2D eigenvalue weighted by molar-refractivity contribution is 0.485. The van der Waals surface area contributed by atoms with Gasteiger partial charge in [0.1, 0.15) is 6.67 Å². The van der Waals surface area contributed by atoms with Gasteiger partial charge in [-0.05, 0) is 56.2 Å². The van der Waals surface area contributed by atoms with Crippen molar-refractivity contribution >= 4 is 38.5 Å². The summed E-state index contributed by atoms with van der Waals surface area (Å²) in [5, 5.41) is 0. The molecule has 0 atom stereocenters. The summed E-state index contributed by atoms with van der Waals surface area (Å²) in [6.45, 7) is -0.386. The minimum absolute atomic E-state index is 0.386. The van der Waals surface area contributed by atoms with Crippen molar-refractivity contribution in [2.45, 2.75) is 6.67 Å². The fourth-order valence-corrected chi connectivity index (χ4v) is 1.45. The van der Waals surface area contributed by atoms with Gasteiger partial charge in [-0.15, -0.1) is 0 Å². The van der Waals surface area contributed by atoms with E-state index in [1.54, 1.807) is 6.07 Å². The highest BCUT2D eigenvalue weighted by molar-refractivity contribution is 14.1. The first-order valence-electron chi connectivity index (χ1n) is 2.74. The molecule has 0 radical (unpaired) electrons. The van der Waals surface area contributed by atoms with Crippen molar-refractivity contribution in [2.75, 3.05) is 0 Å². The number of benzene rings is 1. The molecular weight excluding hydrogens is 310 g/mol. The summed E-state index contributed by atoms with van der Waals surface area (Å²) in [6.07, 6.45) is 0.